The third-order valence-corrected chi connectivity index (χ3v) is 2.44. The van der Waals surface area contributed by atoms with Crippen LogP contribution in [0.3, 0.4) is 0 Å². The monoisotopic (exact) mass is 233 g/mol. The first-order valence-electron chi connectivity index (χ1n) is 5.32. The van der Waals surface area contributed by atoms with Gasteiger partial charge >= 0.3 is 5.97 Å². The van der Waals surface area contributed by atoms with Gasteiger partial charge in [0.25, 0.3) is 0 Å². The van der Waals surface area contributed by atoms with Crippen molar-refractivity contribution in [2.75, 3.05) is 5.32 Å². The quantitative estimate of drug-likeness (QED) is 0.827. The Labute approximate surface area is 100 Å². The van der Waals surface area contributed by atoms with Crippen molar-refractivity contribution in [2.45, 2.75) is 26.8 Å². The van der Waals surface area contributed by atoms with E-state index in [4.69, 9.17) is 10.4 Å². The first-order valence-corrected chi connectivity index (χ1v) is 5.32. The first kappa shape index (κ1) is 13.0. The molecule has 0 fully saturated rings. The van der Waals surface area contributed by atoms with E-state index >= 15 is 0 Å². The molecule has 0 unspecified atom stereocenters. The second-order valence-corrected chi connectivity index (χ2v) is 4.15. The van der Waals surface area contributed by atoms with Crippen LogP contribution in [0.1, 0.15) is 25.1 Å². The largest absolute Gasteiger partial charge is 0.480 e. The molecule has 0 saturated heterocycles. The van der Waals surface area contributed by atoms with Gasteiger partial charge < -0.3 is 10.4 Å². The van der Waals surface area contributed by atoms with Crippen molar-refractivity contribution >= 4 is 11.8 Å². The van der Waals surface area contributed by atoms with Crippen molar-refractivity contribution in [3.8, 4) is 6.07 Å². The minimum absolute atomic E-state index is 0.0507. The number of nitriles is 1. The molecule has 1 heterocycles. The van der Waals surface area contributed by atoms with Crippen molar-refractivity contribution in [1.29, 1.82) is 5.26 Å². The second-order valence-electron chi connectivity index (χ2n) is 4.15. The molecule has 1 rings (SSSR count). The number of carboxylic acid groups (broad SMARTS) is 1. The number of carbonyl (C=O) groups is 1. The van der Waals surface area contributed by atoms with Crippen LogP contribution in [0.4, 0.5) is 5.82 Å². The molecule has 1 atom stereocenters. The summed E-state index contributed by atoms with van der Waals surface area (Å²) < 4.78 is 0. The summed E-state index contributed by atoms with van der Waals surface area (Å²) in [6, 6.07) is 4.57. The van der Waals surface area contributed by atoms with E-state index in [0.717, 1.165) is 0 Å². The Morgan fingerprint density at radius 1 is 1.53 bits per heavy atom. The summed E-state index contributed by atoms with van der Waals surface area (Å²) in [6.07, 6.45) is 0. The molecular weight excluding hydrogens is 218 g/mol. The van der Waals surface area contributed by atoms with Gasteiger partial charge in [0.1, 0.15) is 17.9 Å². The van der Waals surface area contributed by atoms with Crippen molar-refractivity contribution in [2.24, 2.45) is 5.92 Å². The SMILES string of the molecule is Cc1nc(N[C@@H](C(=O)O)C(C)C)ccc1C#N. The molecule has 17 heavy (non-hydrogen) atoms. The molecule has 0 aliphatic heterocycles. The van der Waals surface area contributed by atoms with Gasteiger partial charge in [-0.1, -0.05) is 13.8 Å². The summed E-state index contributed by atoms with van der Waals surface area (Å²) in [5, 5.41) is 20.6. The molecule has 0 amide bonds. The van der Waals surface area contributed by atoms with Crippen LogP contribution in [0.5, 0.6) is 0 Å². The normalized spacial score (nSPS) is 11.9. The van der Waals surface area contributed by atoms with Gasteiger partial charge in [0.2, 0.25) is 0 Å². The van der Waals surface area contributed by atoms with Crippen molar-refractivity contribution in [3.05, 3.63) is 23.4 Å². The highest BCUT2D eigenvalue weighted by atomic mass is 16.4. The molecule has 0 aliphatic rings. The number of hydrogen-bond donors (Lipinski definition) is 2. The van der Waals surface area contributed by atoms with E-state index < -0.39 is 12.0 Å². The highest BCUT2D eigenvalue weighted by molar-refractivity contribution is 5.77. The molecule has 2 N–H and O–H groups in total. The van der Waals surface area contributed by atoms with Crippen LogP contribution in [0.2, 0.25) is 0 Å². The van der Waals surface area contributed by atoms with Gasteiger partial charge in [0, 0.05) is 0 Å². The van der Waals surface area contributed by atoms with Gasteiger partial charge in [-0.3, -0.25) is 0 Å². The van der Waals surface area contributed by atoms with E-state index in [-0.39, 0.29) is 5.92 Å². The van der Waals surface area contributed by atoms with E-state index in [1.54, 1.807) is 19.1 Å². The van der Waals surface area contributed by atoms with Crippen LogP contribution in [0.25, 0.3) is 0 Å². The first-order chi connectivity index (χ1) is 7.95. The second kappa shape index (κ2) is 5.30. The number of anilines is 1. The maximum Gasteiger partial charge on any atom is 0.326 e. The smallest absolute Gasteiger partial charge is 0.326 e. The number of carboxylic acids is 1. The van der Waals surface area contributed by atoms with Gasteiger partial charge in [-0.05, 0) is 25.0 Å². The topological polar surface area (TPSA) is 86.0 Å². The zero-order chi connectivity index (χ0) is 13.0. The number of aliphatic carboxylic acids is 1. The Morgan fingerprint density at radius 3 is 2.59 bits per heavy atom. The number of aryl methyl sites for hydroxylation is 1. The summed E-state index contributed by atoms with van der Waals surface area (Å²) in [4.78, 5) is 15.2. The Morgan fingerprint density at radius 2 is 2.18 bits per heavy atom. The van der Waals surface area contributed by atoms with E-state index in [1.165, 1.54) is 0 Å². The van der Waals surface area contributed by atoms with Crippen molar-refractivity contribution in [3.63, 3.8) is 0 Å². The number of pyridine rings is 1. The van der Waals surface area contributed by atoms with Crippen LogP contribution in [-0.2, 0) is 4.79 Å². The number of nitrogens with zero attached hydrogens (tertiary/aromatic N) is 2. The van der Waals surface area contributed by atoms with E-state index in [0.29, 0.717) is 17.1 Å². The molecular formula is C12H15N3O2. The van der Waals surface area contributed by atoms with Crippen LogP contribution >= 0.6 is 0 Å². The van der Waals surface area contributed by atoms with Gasteiger partial charge in [-0.2, -0.15) is 5.26 Å². The molecule has 0 aliphatic carbocycles. The van der Waals surface area contributed by atoms with E-state index in [1.807, 2.05) is 19.9 Å². The Kier molecular flexibility index (Phi) is 4.05. The lowest BCUT2D eigenvalue weighted by molar-refractivity contribution is -0.138. The maximum atomic E-state index is 11.0. The Balaban J connectivity index is 2.92. The average Bonchev–Trinajstić information content (AvgIpc) is 2.25. The van der Waals surface area contributed by atoms with Gasteiger partial charge in [0.05, 0.1) is 11.3 Å². The molecule has 0 aromatic carbocycles. The molecule has 5 nitrogen and oxygen atoms in total. The Hall–Kier alpha value is -2.09. The number of aromatic nitrogens is 1. The molecule has 1 aromatic rings. The molecule has 0 saturated carbocycles. The third kappa shape index (κ3) is 3.18. The number of rotatable bonds is 4. The third-order valence-electron chi connectivity index (χ3n) is 2.44. The Bertz CT molecular complexity index is 463. The summed E-state index contributed by atoms with van der Waals surface area (Å²) in [6.45, 7) is 5.36. The van der Waals surface area contributed by atoms with Crippen LogP contribution in [0, 0.1) is 24.2 Å². The summed E-state index contributed by atoms with van der Waals surface area (Å²) in [7, 11) is 0. The maximum absolute atomic E-state index is 11.0. The zero-order valence-corrected chi connectivity index (χ0v) is 10.1. The lowest BCUT2D eigenvalue weighted by Gasteiger charge is -2.18. The van der Waals surface area contributed by atoms with E-state index in [2.05, 4.69) is 10.3 Å². The minimum Gasteiger partial charge on any atom is -0.480 e. The van der Waals surface area contributed by atoms with Crippen LogP contribution in [-0.4, -0.2) is 22.1 Å². The molecule has 0 radical (unpaired) electrons. The minimum atomic E-state index is -0.913. The summed E-state index contributed by atoms with van der Waals surface area (Å²) in [5.74, 6) is -0.489. The predicted octanol–water partition coefficient (Wildman–Crippen LogP) is 1.78. The van der Waals surface area contributed by atoms with E-state index in [9.17, 15) is 4.79 Å². The number of nitrogens with one attached hydrogen (secondary N) is 1. The molecule has 1 aromatic heterocycles. The summed E-state index contributed by atoms with van der Waals surface area (Å²) >= 11 is 0. The fraction of sp³-hybridized carbons (Fsp3) is 0.417. The molecule has 0 bridgehead atoms. The zero-order valence-electron chi connectivity index (χ0n) is 10.1. The van der Waals surface area contributed by atoms with Crippen molar-refractivity contribution < 1.29 is 9.90 Å². The average molecular weight is 233 g/mol. The van der Waals surface area contributed by atoms with Gasteiger partial charge in [0.15, 0.2) is 0 Å². The number of hydrogen-bond acceptors (Lipinski definition) is 4. The van der Waals surface area contributed by atoms with Crippen LogP contribution in [0.15, 0.2) is 12.1 Å². The lowest BCUT2D eigenvalue weighted by Crippen LogP contribution is -2.34. The predicted molar refractivity (Wildman–Crippen MR) is 63.6 cm³/mol. The fourth-order valence-electron chi connectivity index (χ4n) is 1.43. The fourth-order valence-corrected chi connectivity index (χ4v) is 1.43. The summed E-state index contributed by atoms with van der Waals surface area (Å²) in [5.41, 5.74) is 1.08. The lowest BCUT2D eigenvalue weighted by atomic mass is 10.0. The van der Waals surface area contributed by atoms with Gasteiger partial charge in [-0.15, -0.1) is 0 Å². The highest BCUT2D eigenvalue weighted by Gasteiger charge is 2.21. The van der Waals surface area contributed by atoms with Crippen molar-refractivity contribution in [1.82, 2.24) is 4.98 Å². The van der Waals surface area contributed by atoms with Gasteiger partial charge in [-0.25, -0.2) is 9.78 Å². The van der Waals surface area contributed by atoms with Crippen LogP contribution < -0.4 is 5.32 Å². The molecule has 90 valence electrons. The molecule has 5 heteroatoms. The molecule has 0 spiro atoms. The standard InChI is InChI=1S/C12H15N3O2/c1-7(2)11(12(16)17)15-10-5-4-9(6-13)8(3)14-10/h4-5,7,11H,1-3H3,(H,14,15)(H,16,17)/t11-/m1/s1. The highest BCUT2D eigenvalue weighted by Crippen LogP contribution is 2.13.